The van der Waals surface area contributed by atoms with Gasteiger partial charge in [0.05, 0.1) is 18.7 Å². The highest BCUT2D eigenvalue weighted by atomic mass is 16.2. The number of carbonyl (C=O) groups excluding carboxylic acids is 2. The first-order chi connectivity index (χ1) is 11.3. The van der Waals surface area contributed by atoms with Crippen LogP contribution in [0.1, 0.15) is 36.1 Å². The van der Waals surface area contributed by atoms with Crippen molar-refractivity contribution in [2.75, 3.05) is 7.05 Å². The van der Waals surface area contributed by atoms with Gasteiger partial charge in [0, 0.05) is 39.3 Å². The molecule has 1 unspecified atom stereocenters. The van der Waals surface area contributed by atoms with Crippen molar-refractivity contribution in [3.63, 3.8) is 0 Å². The monoisotopic (exact) mass is 328 g/mol. The van der Waals surface area contributed by atoms with E-state index in [1.807, 2.05) is 44.4 Å². The molecule has 0 radical (unpaired) electrons. The first kappa shape index (κ1) is 17.7. The first-order valence-electron chi connectivity index (χ1n) is 7.90. The number of aromatic nitrogens is 2. The van der Waals surface area contributed by atoms with E-state index in [2.05, 4.69) is 10.4 Å². The van der Waals surface area contributed by atoms with Gasteiger partial charge in [-0.05, 0) is 12.5 Å². The van der Waals surface area contributed by atoms with Crippen molar-refractivity contribution in [2.45, 2.75) is 32.9 Å². The van der Waals surface area contributed by atoms with Crippen LogP contribution in [0.5, 0.6) is 0 Å². The maximum Gasteiger partial charge on any atom is 0.225 e. The summed E-state index contributed by atoms with van der Waals surface area (Å²) >= 11 is 0. The molecule has 0 fully saturated rings. The van der Waals surface area contributed by atoms with Crippen molar-refractivity contribution in [3.05, 3.63) is 53.3 Å². The van der Waals surface area contributed by atoms with E-state index in [4.69, 9.17) is 0 Å². The molecule has 6 heteroatoms. The Balaban J connectivity index is 2.05. The fourth-order valence-corrected chi connectivity index (χ4v) is 2.54. The minimum atomic E-state index is -0.327. The standard InChI is InChI=1S/C18H24N4O2/c1-13-5-7-16(8-6-13)17(20-14(2)23)9-18(24)21(3)11-15-10-19-22(4)12-15/h5-8,10,12,17H,9,11H2,1-4H3,(H,20,23). The number of hydrogen-bond donors (Lipinski definition) is 1. The molecule has 1 aromatic carbocycles. The molecule has 0 aliphatic rings. The summed E-state index contributed by atoms with van der Waals surface area (Å²) in [4.78, 5) is 25.7. The smallest absolute Gasteiger partial charge is 0.225 e. The normalized spacial score (nSPS) is 11.8. The lowest BCUT2D eigenvalue weighted by Crippen LogP contribution is -2.33. The number of rotatable bonds is 6. The Kier molecular flexibility index (Phi) is 5.73. The van der Waals surface area contributed by atoms with Crippen LogP contribution >= 0.6 is 0 Å². The summed E-state index contributed by atoms with van der Waals surface area (Å²) in [7, 11) is 3.60. The van der Waals surface area contributed by atoms with Crippen molar-refractivity contribution in [1.29, 1.82) is 0 Å². The summed E-state index contributed by atoms with van der Waals surface area (Å²) < 4.78 is 1.71. The molecule has 1 aromatic heterocycles. The van der Waals surface area contributed by atoms with Crippen LogP contribution in [0.25, 0.3) is 0 Å². The van der Waals surface area contributed by atoms with Gasteiger partial charge in [-0.25, -0.2) is 0 Å². The molecule has 6 nitrogen and oxygen atoms in total. The van der Waals surface area contributed by atoms with E-state index < -0.39 is 0 Å². The molecule has 1 N–H and O–H groups in total. The van der Waals surface area contributed by atoms with E-state index in [1.54, 1.807) is 22.8 Å². The van der Waals surface area contributed by atoms with Crippen LogP contribution in [-0.4, -0.2) is 33.5 Å². The van der Waals surface area contributed by atoms with Crippen LogP contribution in [0.4, 0.5) is 0 Å². The zero-order valence-corrected chi connectivity index (χ0v) is 14.6. The second kappa shape index (κ2) is 7.77. The molecule has 0 saturated heterocycles. The third-order valence-corrected chi connectivity index (χ3v) is 3.84. The zero-order chi connectivity index (χ0) is 17.7. The van der Waals surface area contributed by atoms with Crippen molar-refractivity contribution < 1.29 is 9.59 Å². The molecule has 2 aromatic rings. The Bertz CT molecular complexity index is 706. The topological polar surface area (TPSA) is 67.2 Å². The zero-order valence-electron chi connectivity index (χ0n) is 14.6. The Morgan fingerprint density at radius 2 is 1.96 bits per heavy atom. The number of nitrogens with zero attached hydrogens (tertiary/aromatic N) is 3. The first-order valence-corrected chi connectivity index (χ1v) is 7.90. The SMILES string of the molecule is CC(=O)NC(CC(=O)N(C)Cc1cnn(C)c1)c1ccc(C)cc1. The van der Waals surface area contributed by atoms with Crippen LogP contribution in [0.3, 0.4) is 0 Å². The molecular formula is C18H24N4O2. The second-order valence-corrected chi connectivity index (χ2v) is 6.14. The number of carbonyl (C=O) groups is 2. The van der Waals surface area contributed by atoms with Gasteiger partial charge in [-0.3, -0.25) is 14.3 Å². The van der Waals surface area contributed by atoms with E-state index in [0.29, 0.717) is 6.54 Å². The molecule has 2 rings (SSSR count). The van der Waals surface area contributed by atoms with Crippen molar-refractivity contribution >= 4 is 11.8 Å². The van der Waals surface area contributed by atoms with Gasteiger partial charge in [0.25, 0.3) is 0 Å². The lowest BCUT2D eigenvalue weighted by Gasteiger charge is -2.22. The maximum atomic E-state index is 12.5. The highest BCUT2D eigenvalue weighted by Gasteiger charge is 2.20. The third-order valence-electron chi connectivity index (χ3n) is 3.84. The molecule has 0 aliphatic carbocycles. The van der Waals surface area contributed by atoms with E-state index >= 15 is 0 Å². The molecule has 2 amide bonds. The summed E-state index contributed by atoms with van der Waals surface area (Å²) in [5.74, 6) is -0.179. The minimum absolute atomic E-state index is 0.0295. The van der Waals surface area contributed by atoms with E-state index in [9.17, 15) is 9.59 Å². The van der Waals surface area contributed by atoms with Gasteiger partial charge < -0.3 is 10.2 Å². The van der Waals surface area contributed by atoms with Gasteiger partial charge in [-0.15, -0.1) is 0 Å². The van der Waals surface area contributed by atoms with Crippen LogP contribution in [-0.2, 0) is 23.2 Å². The quantitative estimate of drug-likeness (QED) is 0.881. The molecule has 0 spiro atoms. The molecule has 1 heterocycles. The maximum absolute atomic E-state index is 12.5. The fraction of sp³-hybridized carbons (Fsp3) is 0.389. The Labute approximate surface area is 142 Å². The Hall–Kier alpha value is -2.63. The molecule has 0 saturated carbocycles. The second-order valence-electron chi connectivity index (χ2n) is 6.14. The molecule has 0 aliphatic heterocycles. The van der Waals surface area contributed by atoms with Gasteiger partial charge in [-0.1, -0.05) is 29.8 Å². The van der Waals surface area contributed by atoms with Gasteiger partial charge >= 0.3 is 0 Å². The summed E-state index contributed by atoms with van der Waals surface area (Å²) in [6.07, 6.45) is 3.85. The molecule has 1 atom stereocenters. The Morgan fingerprint density at radius 3 is 2.50 bits per heavy atom. The molecular weight excluding hydrogens is 304 g/mol. The lowest BCUT2D eigenvalue weighted by molar-refractivity contribution is -0.131. The summed E-state index contributed by atoms with van der Waals surface area (Å²) in [6, 6.07) is 7.53. The highest BCUT2D eigenvalue weighted by molar-refractivity contribution is 5.79. The van der Waals surface area contributed by atoms with E-state index in [-0.39, 0.29) is 24.3 Å². The van der Waals surface area contributed by atoms with Crippen molar-refractivity contribution in [3.8, 4) is 0 Å². The van der Waals surface area contributed by atoms with E-state index in [1.165, 1.54) is 6.92 Å². The Morgan fingerprint density at radius 1 is 1.29 bits per heavy atom. The minimum Gasteiger partial charge on any atom is -0.349 e. The number of benzene rings is 1. The van der Waals surface area contributed by atoms with Crippen molar-refractivity contribution in [1.82, 2.24) is 20.0 Å². The van der Waals surface area contributed by atoms with Crippen LogP contribution in [0.15, 0.2) is 36.7 Å². The predicted octanol–water partition coefficient (Wildman–Crippen LogP) is 1.95. The number of aryl methyl sites for hydroxylation is 2. The largest absolute Gasteiger partial charge is 0.349 e. The average Bonchev–Trinajstić information content (AvgIpc) is 2.92. The van der Waals surface area contributed by atoms with Crippen LogP contribution in [0, 0.1) is 6.92 Å². The molecule has 24 heavy (non-hydrogen) atoms. The summed E-state index contributed by atoms with van der Waals surface area (Å²) in [5.41, 5.74) is 3.04. The van der Waals surface area contributed by atoms with Gasteiger partial charge in [-0.2, -0.15) is 5.10 Å². The number of amides is 2. The molecule has 0 bridgehead atoms. The summed E-state index contributed by atoms with van der Waals surface area (Å²) in [5, 5.41) is 6.97. The number of nitrogens with one attached hydrogen (secondary N) is 1. The lowest BCUT2D eigenvalue weighted by atomic mass is 10.0. The molecule has 128 valence electrons. The van der Waals surface area contributed by atoms with Gasteiger partial charge in [0.15, 0.2) is 0 Å². The highest BCUT2D eigenvalue weighted by Crippen LogP contribution is 2.19. The van der Waals surface area contributed by atoms with Crippen LogP contribution in [0.2, 0.25) is 0 Å². The third kappa shape index (κ3) is 4.94. The predicted molar refractivity (Wildman–Crippen MR) is 92.0 cm³/mol. The fourth-order valence-electron chi connectivity index (χ4n) is 2.54. The summed E-state index contributed by atoms with van der Waals surface area (Å²) in [6.45, 7) is 3.96. The van der Waals surface area contributed by atoms with Gasteiger partial charge in [0.2, 0.25) is 11.8 Å². The average molecular weight is 328 g/mol. The van der Waals surface area contributed by atoms with Crippen LogP contribution < -0.4 is 5.32 Å². The van der Waals surface area contributed by atoms with E-state index in [0.717, 1.165) is 16.7 Å². The van der Waals surface area contributed by atoms with Crippen molar-refractivity contribution in [2.24, 2.45) is 7.05 Å². The number of hydrogen-bond acceptors (Lipinski definition) is 3. The van der Waals surface area contributed by atoms with Gasteiger partial charge in [0.1, 0.15) is 0 Å².